The number of nitrogens with zero attached hydrogens (tertiary/aromatic N) is 1. The molecule has 0 saturated carbocycles. The van der Waals surface area contributed by atoms with Gasteiger partial charge in [-0.05, 0) is 43.3 Å². The van der Waals surface area contributed by atoms with Gasteiger partial charge in [0.15, 0.2) is 0 Å². The molecule has 0 aliphatic heterocycles. The molecule has 0 aliphatic carbocycles. The molecule has 1 amide bonds. The summed E-state index contributed by atoms with van der Waals surface area (Å²) in [4.78, 5) is 13.4. The van der Waals surface area contributed by atoms with Crippen LogP contribution in [0.3, 0.4) is 0 Å². The highest BCUT2D eigenvalue weighted by Gasteiger charge is 2.31. The van der Waals surface area contributed by atoms with Crippen molar-refractivity contribution < 1.29 is 31.1 Å². The van der Waals surface area contributed by atoms with Crippen molar-refractivity contribution in [1.29, 1.82) is 0 Å². The fraction of sp³-hybridized carbons (Fsp3) is 0.235. The number of halogens is 3. The van der Waals surface area contributed by atoms with Gasteiger partial charge in [0.1, 0.15) is 5.75 Å². The van der Waals surface area contributed by atoms with E-state index in [4.69, 9.17) is 0 Å². The van der Waals surface area contributed by atoms with Gasteiger partial charge in [-0.1, -0.05) is 18.2 Å². The lowest BCUT2D eigenvalue weighted by atomic mass is 10.3. The smallest absolute Gasteiger partial charge is 0.406 e. The lowest BCUT2D eigenvalue weighted by molar-refractivity contribution is -0.274. The quantitative estimate of drug-likeness (QED) is 0.773. The number of nitrogens with one attached hydrogen (secondary N) is 1. The van der Waals surface area contributed by atoms with E-state index in [0.717, 1.165) is 24.3 Å². The predicted octanol–water partition coefficient (Wildman–Crippen LogP) is 2.92. The Labute approximate surface area is 154 Å². The monoisotopic (exact) mass is 402 g/mol. The molecule has 2 aromatic carbocycles. The highest BCUT2D eigenvalue weighted by molar-refractivity contribution is 7.89. The lowest BCUT2D eigenvalue weighted by Crippen LogP contribution is -2.40. The maximum Gasteiger partial charge on any atom is 0.573 e. The van der Waals surface area contributed by atoms with Crippen molar-refractivity contribution in [2.45, 2.75) is 18.2 Å². The van der Waals surface area contributed by atoms with E-state index in [1.807, 2.05) is 0 Å². The second-order valence-electron chi connectivity index (χ2n) is 5.32. The minimum atomic E-state index is -4.87. The number of rotatable bonds is 7. The van der Waals surface area contributed by atoms with Crippen LogP contribution in [0.4, 0.5) is 18.9 Å². The van der Waals surface area contributed by atoms with Crippen molar-refractivity contribution in [2.24, 2.45) is 0 Å². The van der Waals surface area contributed by atoms with Gasteiger partial charge in [0.25, 0.3) is 0 Å². The van der Waals surface area contributed by atoms with Gasteiger partial charge in [-0.25, -0.2) is 13.1 Å². The minimum absolute atomic E-state index is 0.285. The molecule has 0 spiro atoms. The number of hydrogen-bond donors (Lipinski definition) is 1. The Hall–Kier alpha value is -2.59. The Morgan fingerprint density at radius 3 is 2.19 bits per heavy atom. The van der Waals surface area contributed by atoms with Crippen molar-refractivity contribution in [1.82, 2.24) is 4.72 Å². The van der Waals surface area contributed by atoms with E-state index < -0.39 is 34.6 Å². The zero-order valence-corrected chi connectivity index (χ0v) is 15.0. The van der Waals surface area contributed by atoms with Crippen LogP contribution >= 0.6 is 0 Å². The number of carbonyl (C=O) groups is 1. The zero-order chi connectivity index (χ0) is 20.1. The molecule has 0 aromatic heterocycles. The summed E-state index contributed by atoms with van der Waals surface area (Å²) in [5.74, 6) is -1.01. The van der Waals surface area contributed by atoms with Gasteiger partial charge in [-0.15, -0.1) is 13.2 Å². The number of likely N-dealkylation sites (N-methyl/N-ethyl adjacent to an activating group) is 1. The van der Waals surface area contributed by atoms with E-state index in [1.165, 1.54) is 4.90 Å². The normalized spacial score (nSPS) is 11.9. The van der Waals surface area contributed by atoms with Crippen LogP contribution in [0, 0.1) is 0 Å². The first-order valence-corrected chi connectivity index (χ1v) is 9.31. The molecule has 0 heterocycles. The molecule has 1 N–H and O–H groups in total. The van der Waals surface area contributed by atoms with Crippen LogP contribution in [-0.4, -0.2) is 33.8 Å². The van der Waals surface area contributed by atoms with E-state index in [-0.39, 0.29) is 4.90 Å². The van der Waals surface area contributed by atoms with E-state index >= 15 is 0 Å². The Morgan fingerprint density at radius 2 is 1.67 bits per heavy atom. The maximum absolute atomic E-state index is 12.3. The second kappa shape index (κ2) is 8.40. The van der Waals surface area contributed by atoms with Gasteiger partial charge in [0, 0.05) is 12.2 Å². The molecule has 0 saturated heterocycles. The highest BCUT2D eigenvalue weighted by atomic mass is 32.2. The third-order valence-corrected chi connectivity index (χ3v) is 4.88. The van der Waals surface area contributed by atoms with Crippen LogP contribution in [-0.2, 0) is 14.8 Å². The van der Waals surface area contributed by atoms with Crippen LogP contribution in [0.15, 0.2) is 59.5 Å². The third kappa shape index (κ3) is 5.97. The Bertz CT molecular complexity index is 869. The highest BCUT2D eigenvalue weighted by Crippen LogP contribution is 2.23. The first kappa shape index (κ1) is 20.7. The number of ether oxygens (including phenoxy) is 1. The van der Waals surface area contributed by atoms with E-state index in [0.29, 0.717) is 12.2 Å². The Balaban J connectivity index is 2.04. The SMILES string of the molecule is CCN(C(=O)CNS(=O)(=O)c1ccc(OC(F)(F)F)cc1)c1ccccc1. The van der Waals surface area contributed by atoms with Crippen LogP contribution in [0.2, 0.25) is 0 Å². The van der Waals surface area contributed by atoms with Gasteiger partial charge < -0.3 is 9.64 Å². The number of alkyl halides is 3. The molecule has 0 aliphatic rings. The molecule has 0 bridgehead atoms. The number of amides is 1. The number of anilines is 1. The molecule has 146 valence electrons. The molecule has 0 unspecified atom stereocenters. The topological polar surface area (TPSA) is 75.7 Å². The van der Waals surface area contributed by atoms with Crippen molar-refractivity contribution in [3.8, 4) is 5.75 Å². The fourth-order valence-electron chi connectivity index (χ4n) is 2.27. The summed E-state index contributed by atoms with van der Waals surface area (Å²) in [7, 11) is -4.07. The largest absolute Gasteiger partial charge is 0.573 e. The van der Waals surface area contributed by atoms with Gasteiger partial charge >= 0.3 is 6.36 Å². The van der Waals surface area contributed by atoms with Gasteiger partial charge in [0.2, 0.25) is 15.9 Å². The van der Waals surface area contributed by atoms with Gasteiger partial charge in [-0.3, -0.25) is 4.79 Å². The number of sulfonamides is 1. The first-order valence-electron chi connectivity index (χ1n) is 7.83. The van der Waals surface area contributed by atoms with Crippen LogP contribution in [0.25, 0.3) is 0 Å². The summed E-state index contributed by atoms with van der Waals surface area (Å²) >= 11 is 0. The summed E-state index contributed by atoms with van der Waals surface area (Å²) in [6, 6.07) is 12.4. The summed E-state index contributed by atoms with van der Waals surface area (Å²) in [5.41, 5.74) is 0.623. The number of carbonyl (C=O) groups excluding carboxylic acids is 1. The Kier molecular flexibility index (Phi) is 6.45. The molecule has 0 atom stereocenters. The summed E-state index contributed by atoms with van der Waals surface area (Å²) in [6.07, 6.45) is -4.87. The first-order chi connectivity index (χ1) is 12.6. The number of benzene rings is 2. The maximum atomic E-state index is 12.3. The van der Waals surface area contributed by atoms with Crippen molar-refractivity contribution in [3.63, 3.8) is 0 Å². The average Bonchev–Trinajstić information content (AvgIpc) is 2.61. The van der Waals surface area contributed by atoms with Crippen molar-refractivity contribution in [2.75, 3.05) is 18.0 Å². The van der Waals surface area contributed by atoms with Crippen molar-refractivity contribution in [3.05, 3.63) is 54.6 Å². The molecular weight excluding hydrogens is 385 g/mol. The number of para-hydroxylation sites is 1. The summed E-state index contributed by atoms with van der Waals surface area (Å²) < 4.78 is 66.7. The van der Waals surface area contributed by atoms with E-state index in [9.17, 15) is 26.4 Å². The molecule has 0 radical (unpaired) electrons. The molecule has 6 nitrogen and oxygen atoms in total. The van der Waals surface area contributed by atoms with Crippen LogP contribution in [0.5, 0.6) is 5.75 Å². The predicted molar refractivity (Wildman–Crippen MR) is 92.8 cm³/mol. The average molecular weight is 402 g/mol. The number of hydrogen-bond acceptors (Lipinski definition) is 4. The Morgan fingerprint density at radius 1 is 1.07 bits per heavy atom. The van der Waals surface area contributed by atoms with E-state index in [1.54, 1.807) is 37.3 Å². The lowest BCUT2D eigenvalue weighted by Gasteiger charge is -2.21. The zero-order valence-electron chi connectivity index (χ0n) is 14.2. The molecule has 27 heavy (non-hydrogen) atoms. The molecule has 0 fully saturated rings. The van der Waals surface area contributed by atoms with Gasteiger partial charge in [-0.2, -0.15) is 0 Å². The third-order valence-electron chi connectivity index (χ3n) is 3.47. The molecule has 2 rings (SSSR count). The van der Waals surface area contributed by atoms with Crippen LogP contribution in [0.1, 0.15) is 6.92 Å². The summed E-state index contributed by atoms with van der Waals surface area (Å²) in [5, 5.41) is 0. The fourth-order valence-corrected chi connectivity index (χ4v) is 3.24. The summed E-state index contributed by atoms with van der Waals surface area (Å²) in [6.45, 7) is 1.60. The van der Waals surface area contributed by atoms with Crippen molar-refractivity contribution >= 4 is 21.6 Å². The molecular formula is C17H17F3N2O4S. The molecule has 10 heteroatoms. The van der Waals surface area contributed by atoms with E-state index in [2.05, 4.69) is 9.46 Å². The second-order valence-corrected chi connectivity index (χ2v) is 7.08. The minimum Gasteiger partial charge on any atom is -0.406 e. The standard InChI is InChI=1S/C17H17F3N2O4S/c1-2-22(13-6-4-3-5-7-13)16(23)12-21-27(24,25)15-10-8-14(9-11-15)26-17(18,19)20/h3-11,21H,2,12H2,1H3. The van der Waals surface area contributed by atoms with Gasteiger partial charge in [0.05, 0.1) is 11.4 Å². The molecule has 2 aromatic rings. The van der Waals surface area contributed by atoms with Crippen LogP contribution < -0.4 is 14.4 Å².